The first-order valence-corrected chi connectivity index (χ1v) is 6.68. The lowest BCUT2D eigenvalue weighted by atomic mass is 9.79. The van der Waals surface area contributed by atoms with Gasteiger partial charge in [-0.2, -0.15) is 5.26 Å². The maximum atomic E-state index is 12.1. The number of carbonyl (C=O) groups excluding carboxylic acids is 1. The normalized spacial score (nSPS) is 31.0. The van der Waals surface area contributed by atoms with E-state index in [9.17, 15) is 4.79 Å². The van der Waals surface area contributed by atoms with Crippen molar-refractivity contribution in [2.75, 3.05) is 13.1 Å². The summed E-state index contributed by atoms with van der Waals surface area (Å²) in [5.74, 6) is 0.555. The summed E-state index contributed by atoms with van der Waals surface area (Å²) in [4.78, 5) is 13.9. The van der Waals surface area contributed by atoms with Gasteiger partial charge in [-0.15, -0.1) is 0 Å². The van der Waals surface area contributed by atoms with Crippen molar-refractivity contribution in [1.29, 1.82) is 5.26 Å². The number of ether oxygens (including phenoxy) is 1. The SMILES string of the molecule is CC(C)(C)OC(=O)N1CC2CCC(CC#N)(C2)C1. The van der Waals surface area contributed by atoms with Crippen molar-refractivity contribution in [2.45, 2.75) is 52.1 Å². The van der Waals surface area contributed by atoms with Crippen molar-refractivity contribution in [2.24, 2.45) is 11.3 Å². The molecule has 1 saturated carbocycles. The molecule has 2 unspecified atom stereocenters. The van der Waals surface area contributed by atoms with Crippen molar-refractivity contribution in [3.8, 4) is 6.07 Å². The van der Waals surface area contributed by atoms with E-state index in [4.69, 9.17) is 10.00 Å². The number of nitrogens with zero attached hydrogens (tertiary/aromatic N) is 2. The van der Waals surface area contributed by atoms with Gasteiger partial charge in [-0.3, -0.25) is 0 Å². The van der Waals surface area contributed by atoms with Crippen molar-refractivity contribution in [3.63, 3.8) is 0 Å². The fraction of sp³-hybridized carbons (Fsp3) is 0.857. The van der Waals surface area contributed by atoms with E-state index in [1.54, 1.807) is 0 Å². The monoisotopic (exact) mass is 250 g/mol. The number of nitriles is 1. The summed E-state index contributed by atoms with van der Waals surface area (Å²) in [6, 6.07) is 2.28. The molecule has 2 rings (SSSR count). The van der Waals surface area contributed by atoms with Crippen LogP contribution in [0.2, 0.25) is 0 Å². The quantitative estimate of drug-likeness (QED) is 0.719. The molecule has 0 aromatic heterocycles. The molecule has 2 bridgehead atoms. The summed E-state index contributed by atoms with van der Waals surface area (Å²) in [6.45, 7) is 7.13. The maximum absolute atomic E-state index is 12.1. The van der Waals surface area contributed by atoms with Crippen molar-refractivity contribution >= 4 is 6.09 Å². The van der Waals surface area contributed by atoms with E-state index < -0.39 is 5.60 Å². The summed E-state index contributed by atoms with van der Waals surface area (Å²) in [6.07, 6.45) is 3.64. The third-order valence-corrected chi connectivity index (χ3v) is 3.92. The average molecular weight is 250 g/mol. The van der Waals surface area contributed by atoms with Crippen molar-refractivity contribution in [1.82, 2.24) is 4.90 Å². The van der Waals surface area contributed by atoms with Crippen LogP contribution in [0.4, 0.5) is 4.79 Å². The Bertz CT molecular complexity index is 380. The second-order valence-electron chi connectivity index (χ2n) is 6.80. The predicted molar refractivity (Wildman–Crippen MR) is 67.8 cm³/mol. The highest BCUT2D eigenvalue weighted by atomic mass is 16.6. The number of likely N-dealkylation sites (tertiary alicyclic amines) is 1. The van der Waals surface area contributed by atoms with Gasteiger partial charge in [0, 0.05) is 24.9 Å². The summed E-state index contributed by atoms with van der Waals surface area (Å²) in [7, 11) is 0. The van der Waals surface area contributed by atoms with E-state index in [1.165, 1.54) is 0 Å². The van der Waals surface area contributed by atoms with Crippen LogP contribution in [0.15, 0.2) is 0 Å². The third-order valence-electron chi connectivity index (χ3n) is 3.92. The van der Waals surface area contributed by atoms with Crippen molar-refractivity contribution in [3.05, 3.63) is 0 Å². The van der Waals surface area contributed by atoms with E-state index >= 15 is 0 Å². The Morgan fingerprint density at radius 2 is 2.28 bits per heavy atom. The Balaban J connectivity index is 2.04. The summed E-state index contributed by atoms with van der Waals surface area (Å²) in [5.41, 5.74) is -0.412. The van der Waals surface area contributed by atoms with Crippen LogP contribution in [-0.2, 0) is 4.74 Å². The Hall–Kier alpha value is -1.24. The molecule has 100 valence electrons. The largest absolute Gasteiger partial charge is 0.444 e. The van der Waals surface area contributed by atoms with Crippen LogP contribution in [0.5, 0.6) is 0 Å². The summed E-state index contributed by atoms with van der Waals surface area (Å²) < 4.78 is 5.43. The van der Waals surface area contributed by atoms with Crippen LogP contribution in [0.1, 0.15) is 46.5 Å². The molecule has 0 aromatic carbocycles. The number of piperidine rings is 1. The highest BCUT2D eigenvalue weighted by Crippen LogP contribution is 2.48. The predicted octanol–water partition coefficient (Wildman–Crippen LogP) is 2.94. The minimum Gasteiger partial charge on any atom is -0.444 e. The number of amides is 1. The van der Waals surface area contributed by atoms with E-state index in [0.29, 0.717) is 18.9 Å². The molecule has 2 fully saturated rings. The number of rotatable bonds is 1. The van der Waals surface area contributed by atoms with E-state index in [0.717, 1.165) is 25.8 Å². The van der Waals surface area contributed by atoms with Gasteiger partial charge in [-0.25, -0.2) is 4.79 Å². The summed E-state index contributed by atoms with van der Waals surface area (Å²) >= 11 is 0. The van der Waals surface area contributed by atoms with Gasteiger partial charge in [0.25, 0.3) is 0 Å². The standard InChI is InChI=1S/C14H22N2O2/c1-13(2,3)18-12(17)16-9-11-4-5-14(8-11,10-16)6-7-15/h11H,4-6,8-10H2,1-3H3. The van der Waals surface area contributed by atoms with Crippen LogP contribution < -0.4 is 0 Å². The molecule has 4 nitrogen and oxygen atoms in total. The van der Waals surface area contributed by atoms with Gasteiger partial charge < -0.3 is 9.64 Å². The van der Waals surface area contributed by atoms with Gasteiger partial charge in [0.15, 0.2) is 0 Å². The van der Waals surface area contributed by atoms with Gasteiger partial charge in [0.1, 0.15) is 5.60 Å². The lowest BCUT2D eigenvalue weighted by Crippen LogP contribution is -2.47. The number of carbonyl (C=O) groups is 1. The molecule has 2 aliphatic rings. The van der Waals surface area contributed by atoms with Gasteiger partial charge >= 0.3 is 6.09 Å². The molecule has 0 N–H and O–H groups in total. The zero-order valence-corrected chi connectivity index (χ0v) is 11.5. The number of fused-ring (bicyclic) bond motifs is 2. The molecule has 0 spiro atoms. The molecule has 0 radical (unpaired) electrons. The molecule has 1 amide bonds. The molecule has 1 aliphatic heterocycles. The van der Waals surface area contributed by atoms with Crippen LogP contribution in [0.25, 0.3) is 0 Å². The van der Waals surface area contributed by atoms with Crippen molar-refractivity contribution < 1.29 is 9.53 Å². The molecule has 0 aromatic rings. The maximum Gasteiger partial charge on any atom is 0.410 e. The second-order valence-corrected chi connectivity index (χ2v) is 6.80. The molecule has 1 aliphatic carbocycles. The molecular weight excluding hydrogens is 228 g/mol. The van der Waals surface area contributed by atoms with Gasteiger partial charge in [-0.1, -0.05) is 0 Å². The number of hydrogen-bond acceptors (Lipinski definition) is 3. The first kappa shape index (κ1) is 13.2. The topological polar surface area (TPSA) is 53.3 Å². The van der Waals surface area contributed by atoms with E-state index in [-0.39, 0.29) is 11.5 Å². The highest BCUT2D eigenvalue weighted by Gasteiger charge is 2.46. The highest BCUT2D eigenvalue weighted by molar-refractivity contribution is 5.68. The van der Waals surface area contributed by atoms with Crippen LogP contribution >= 0.6 is 0 Å². The molecular formula is C14H22N2O2. The smallest absolute Gasteiger partial charge is 0.410 e. The third kappa shape index (κ3) is 2.77. The fourth-order valence-electron chi connectivity index (χ4n) is 3.26. The first-order chi connectivity index (χ1) is 8.34. The van der Waals surface area contributed by atoms with E-state index in [1.807, 2.05) is 25.7 Å². The molecule has 2 atom stereocenters. The Labute approximate surface area is 109 Å². The van der Waals surface area contributed by atoms with Gasteiger partial charge in [0.05, 0.1) is 6.07 Å². The zero-order chi connectivity index (χ0) is 13.4. The molecule has 1 saturated heterocycles. The van der Waals surface area contributed by atoms with Crippen LogP contribution in [-0.4, -0.2) is 29.7 Å². The molecule has 18 heavy (non-hydrogen) atoms. The number of hydrogen-bond donors (Lipinski definition) is 0. The zero-order valence-electron chi connectivity index (χ0n) is 11.5. The first-order valence-electron chi connectivity index (χ1n) is 6.68. The second kappa shape index (κ2) is 4.46. The lowest BCUT2D eigenvalue weighted by Gasteiger charge is -2.39. The Kier molecular flexibility index (Phi) is 3.27. The Morgan fingerprint density at radius 1 is 1.56 bits per heavy atom. The van der Waals surface area contributed by atoms with Crippen LogP contribution in [0.3, 0.4) is 0 Å². The molecule has 1 heterocycles. The minimum atomic E-state index is -0.448. The Morgan fingerprint density at radius 3 is 2.89 bits per heavy atom. The lowest BCUT2D eigenvalue weighted by molar-refractivity contribution is 0.00535. The molecule has 4 heteroatoms. The van der Waals surface area contributed by atoms with Crippen LogP contribution in [0, 0.1) is 22.7 Å². The summed E-state index contributed by atoms with van der Waals surface area (Å²) in [5, 5.41) is 8.96. The average Bonchev–Trinajstić information content (AvgIpc) is 2.52. The van der Waals surface area contributed by atoms with Gasteiger partial charge in [-0.05, 0) is 46.0 Å². The van der Waals surface area contributed by atoms with Gasteiger partial charge in [0.2, 0.25) is 0 Å². The minimum absolute atomic E-state index is 0.0363. The van der Waals surface area contributed by atoms with E-state index in [2.05, 4.69) is 6.07 Å². The fourth-order valence-corrected chi connectivity index (χ4v) is 3.26.